The molecule has 8 bridgehead atoms. The lowest BCUT2D eigenvalue weighted by Crippen LogP contribution is -2.07. The number of rotatable bonds is 4. The summed E-state index contributed by atoms with van der Waals surface area (Å²) < 4.78 is 33.6. The van der Waals surface area contributed by atoms with E-state index in [0.29, 0.717) is 11.1 Å². The molecular weight excluding hydrogens is 676 g/mol. The van der Waals surface area contributed by atoms with Gasteiger partial charge in [-0.2, -0.15) is 19.9 Å². The lowest BCUT2D eigenvalue weighted by atomic mass is 10.1. The van der Waals surface area contributed by atoms with Crippen LogP contribution < -0.4 is 18.9 Å². The zero-order chi connectivity index (χ0) is 36.5. The number of nitrogens with zero attached hydrogens (tertiary/aromatic N) is 6. The highest BCUT2D eigenvalue weighted by molar-refractivity contribution is 5.91. The number of ether oxygens (including phenoxy) is 6. The van der Waals surface area contributed by atoms with E-state index < -0.39 is 47.5 Å². The predicted molar refractivity (Wildman–Crippen MR) is 179 cm³/mol. The molecule has 2 aromatic heterocycles. The second-order valence-corrected chi connectivity index (χ2v) is 11.2. The summed E-state index contributed by atoms with van der Waals surface area (Å²) in [5.74, 6) is -3.97. The fourth-order valence-electron chi connectivity index (χ4n) is 4.86. The van der Waals surface area contributed by atoms with Crippen LogP contribution in [0.25, 0.3) is 22.8 Å². The zero-order valence-electron chi connectivity index (χ0n) is 27.8. The van der Waals surface area contributed by atoms with Crippen LogP contribution >= 0.6 is 0 Å². The summed E-state index contributed by atoms with van der Waals surface area (Å²) >= 11 is 0. The summed E-state index contributed by atoms with van der Waals surface area (Å²) in [5, 5.41) is 22.8. The maximum atomic E-state index is 12.7. The van der Waals surface area contributed by atoms with Crippen LogP contribution in [0.2, 0.25) is 0 Å². The third-order valence-electron chi connectivity index (χ3n) is 7.54. The molecule has 6 aromatic rings. The monoisotopic (exact) mass is 702 g/mol. The molecule has 0 amide bonds. The Labute approximate surface area is 294 Å². The van der Waals surface area contributed by atoms with Crippen LogP contribution in [-0.2, 0) is 9.47 Å². The molecule has 1 aliphatic rings. The Bertz CT molecular complexity index is 2110. The van der Waals surface area contributed by atoms with Gasteiger partial charge >= 0.3 is 36.0 Å². The number of carbonyl (C=O) groups excluding carboxylic acids is 2. The van der Waals surface area contributed by atoms with E-state index >= 15 is 0 Å². The molecule has 0 saturated heterocycles. The molecular formula is C36H26N6O10. The van der Waals surface area contributed by atoms with Crippen LogP contribution in [0, 0.1) is 13.8 Å². The van der Waals surface area contributed by atoms with E-state index in [0.717, 1.165) is 11.1 Å². The first-order valence-electron chi connectivity index (χ1n) is 15.3. The number of aryl methyl sites for hydroxylation is 2. The first-order chi connectivity index (χ1) is 25.1. The fraction of sp³-hybridized carbons (Fsp3) is 0.111. The molecule has 7 rings (SSSR count). The van der Waals surface area contributed by atoms with Crippen molar-refractivity contribution >= 4 is 11.9 Å². The Morgan fingerprint density at radius 1 is 0.500 bits per heavy atom. The number of carbonyl (C=O) groups is 2. The number of aromatic hydroxyl groups is 2. The molecule has 1 aliphatic heterocycles. The van der Waals surface area contributed by atoms with Crippen LogP contribution in [0.3, 0.4) is 0 Å². The maximum Gasteiger partial charge on any atom is 0.338 e. The smallest absolute Gasteiger partial charge is 0.338 e. The van der Waals surface area contributed by atoms with Crippen molar-refractivity contribution < 1.29 is 48.2 Å². The normalized spacial score (nSPS) is 11.6. The lowest BCUT2D eigenvalue weighted by molar-refractivity contribution is 0.0591. The van der Waals surface area contributed by atoms with E-state index in [1.165, 1.54) is 38.5 Å². The molecule has 260 valence electrons. The van der Waals surface area contributed by atoms with Crippen LogP contribution in [0.1, 0.15) is 31.8 Å². The maximum absolute atomic E-state index is 12.7. The highest BCUT2D eigenvalue weighted by atomic mass is 16.5. The Hall–Kier alpha value is -7.36. The SMILES string of the molecule is COC(=O)c1cc2c(O)c(c1)Oc1nc(nc(-c3ccc(C)cc3)n1)Oc1cc(C(=O)OC)cc(c1O)Oc1nc(nc(-c3ccc(C)cc3)n1)O2. The van der Waals surface area contributed by atoms with E-state index in [-0.39, 0.29) is 45.8 Å². The Morgan fingerprint density at radius 2 is 0.788 bits per heavy atom. The number of esters is 2. The third-order valence-corrected chi connectivity index (χ3v) is 7.54. The van der Waals surface area contributed by atoms with Crippen molar-refractivity contribution in [2.75, 3.05) is 14.2 Å². The largest absolute Gasteiger partial charge is 0.502 e. The standard InChI is InChI=1S/C36H26N6O10/c1-17-5-9-19(10-6-17)29-37-33-41-34(38-29)50-24-14-22(32(46)48-4)16-26(28(24)44)52-36-40-30(20-11-7-18(2)8-12-20)39-35(42-36)51-25-15-21(31(45)47-3)13-23(49-33)27(25)43/h5-16,43-44H,1-4H3. The molecule has 0 saturated carbocycles. The van der Waals surface area contributed by atoms with Crippen LogP contribution in [0.15, 0.2) is 72.8 Å². The molecule has 3 heterocycles. The second kappa shape index (κ2) is 13.5. The molecule has 0 fully saturated rings. The van der Waals surface area contributed by atoms with Crippen LogP contribution in [-0.4, -0.2) is 66.3 Å². The molecule has 0 spiro atoms. The first kappa shape index (κ1) is 33.2. The number of fused-ring (bicyclic) bond motifs is 8. The zero-order valence-corrected chi connectivity index (χ0v) is 27.8. The van der Waals surface area contributed by atoms with Gasteiger partial charge in [0.1, 0.15) is 0 Å². The van der Waals surface area contributed by atoms with E-state index in [1.54, 1.807) is 24.3 Å². The third kappa shape index (κ3) is 6.75. The van der Waals surface area contributed by atoms with Crippen molar-refractivity contribution in [3.05, 3.63) is 95.1 Å². The molecule has 0 atom stereocenters. The van der Waals surface area contributed by atoms with E-state index in [9.17, 15) is 19.8 Å². The van der Waals surface area contributed by atoms with Crippen molar-refractivity contribution in [2.24, 2.45) is 0 Å². The molecule has 16 nitrogen and oxygen atoms in total. The minimum Gasteiger partial charge on any atom is -0.502 e. The fourth-order valence-corrected chi connectivity index (χ4v) is 4.86. The number of methoxy groups -OCH3 is 2. The number of hydrogen-bond donors (Lipinski definition) is 2. The summed E-state index contributed by atoms with van der Waals surface area (Å²) in [6.07, 6.45) is 0. The summed E-state index contributed by atoms with van der Waals surface area (Å²) in [7, 11) is 2.36. The van der Waals surface area contributed by atoms with Gasteiger partial charge < -0.3 is 38.6 Å². The first-order valence-corrected chi connectivity index (χ1v) is 15.3. The van der Waals surface area contributed by atoms with Crippen molar-refractivity contribution in [1.82, 2.24) is 29.9 Å². The van der Waals surface area contributed by atoms with E-state index in [4.69, 9.17) is 28.4 Å². The van der Waals surface area contributed by atoms with Gasteiger partial charge in [-0.05, 0) is 38.1 Å². The molecule has 16 heteroatoms. The molecule has 52 heavy (non-hydrogen) atoms. The van der Waals surface area contributed by atoms with E-state index in [1.807, 2.05) is 38.1 Å². The highest BCUT2D eigenvalue weighted by Crippen LogP contribution is 2.44. The van der Waals surface area contributed by atoms with Crippen molar-refractivity contribution in [2.45, 2.75) is 13.8 Å². The molecule has 4 aromatic carbocycles. The van der Waals surface area contributed by atoms with Gasteiger partial charge in [0.15, 0.2) is 34.6 Å². The highest BCUT2D eigenvalue weighted by Gasteiger charge is 2.25. The average molecular weight is 703 g/mol. The second-order valence-electron chi connectivity index (χ2n) is 11.2. The lowest BCUT2D eigenvalue weighted by Gasteiger charge is -2.16. The minimum atomic E-state index is -0.792. The Balaban J connectivity index is 1.47. The van der Waals surface area contributed by atoms with Gasteiger partial charge in [0.05, 0.1) is 25.3 Å². The predicted octanol–water partition coefficient (Wildman–Crippen LogP) is 6.47. The Kier molecular flexibility index (Phi) is 8.61. The summed E-state index contributed by atoms with van der Waals surface area (Å²) in [5.41, 5.74) is 2.81. The van der Waals surface area contributed by atoms with Crippen molar-refractivity contribution in [1.29, 1.82) is 0 Å². The van der Waals surface area contributed by atoms with Gasteiger partial charge in [-0.3, -0.25) is 0 Å². The van der Waals surface area contributed by atoms with E-state index in [2.05, 4.69) is 29.9 Å². The van der Waals surface area contributed by atoms with Gasteiger partial charge in [-0.1, -0.05) is 59.7 Å². The molecule has 0 aliphatic carbocycles. The summed E-state index contributed by atoms with van der Waals surface area (Å²) in [4.78, 5) is 51.5. The van der Waals surface area contributed by atoms with Gasteiger partial charge in [-0.25, -0.2) is 9.59 Å². The average Bonchev–Trinajstić information content (AvgIpc) is 3.14. The summed E-state index contributed by atoms with van der Waals surface area (Å²) in [6.45, 7) is 3.81. The number of phenols is 2. The van der Waals surface area contributed by atoms with Gasteiger partial charge in [0.25, 0.3) is 0 Å². The summed E-state index contributed by atoms with van der Waals surface area (Å²) in [6, 6.07) is 17.5. The molecule has 2 N–H and O–H groups in total. The topological polar surface area (TPSA) is 207 Å². The quantitative estimate of drug-likeness (QED) is 0.188. The number of phenolic OH excluding ortho intramolecular Hbond substituents is 2. The van der Waals surface area contributed by atoms with Gasteiger partial charge in [-0.15, -0.1) is 9.97 Å². The number of benzene rings is 4. The molecule has 0 unspecified atom stereocenters. The van der Waals surface area contributed by atoms with Crippen LogP contribution in [0.5, 0.6) is 58.5 Å². The van der Waals surface area contributed by atoms with Gasteiger partial charge in [0.2, 0.25) is 11.5 Å². The van der Waals surface area contributed by atoms with Crippen LogP contribution in [0.4, 0.5) is 0 Å². The Morgan fingerprint density at radius 3 is 1.06 bits per heavy atom. The van der Waals surface area contributed by atoms with Crippen molar-refractivity contribution in [3.8, 4) is 81.3 Å². The van der Waals surface area contributed by atoms with Gasteiger partial charge in [0, 0.05) is 11.1 Å². The molecule has 0 radical (unpaired) electrons. The number of hydrogen-bond acceptors (Lipinski definition) is 16. The number of aromatic nitrogens is 6. The van der Waals surface area contributed by atoms with Crippen molar-refractivity contribution in [3.63, 3.8) is 0 Å². The minimum absolute atomic E-state index is 0.0671.